The van der Waals surface area contributed by atoms with Crippen molar-refractivity contribution in [3.05, 3.63) is 12.3 Å². The van der Waals surface area contributed by atoms with Crippen LogP contribution in [0.15, 0.2) is 12.3 Å². The Bertz CT molecular complexity index is 160. The monoisotopic (exact) mass is 168 g/mol. The van der Waals surface area contributed by atoms with Gasteiger partial charge in [0.25, 0.3) is 0 Å². The van der Waals surface area contributed by atoms with Gasteiger partial charge in [-0.1, -0.05) is 27.7 Å². The molecule has 0 amide bonds. The molecule has 0 N–H and O–H groups in total. The van der Waals surface area contributed by atoms with Crippen LogP contribution in [0.3, 0.4) is 0 Å². The van der Waals surface area contributed by atoms with E-state index in [2.05, 4.69) is 33.8 Å². The third-order valence-electron chi connectivity index (χ3n) is 3.34. The first-order valence-electron chi connectivity index (χ1n) is 4.86. The number of rotatable bonds is 2. The van der Waals surface area contributed by atoms with Crippen LogP contribution in [-0.2, 0) is 4.74 Å². The van der Waals surface area contributed by atoms with E-state index in [-0.39, 0.29) is 0 Å². The fourth-order valence-electron chi connectivity index (χ4n) is 2.07. The summed E-state index contributed by atoms with van der Waals surface area (Å²) in [6, 6.07) is 0. The second-order valence-electron chi connectivity index (χ2n) is 4.43. The molecule has 0 radical (unpaired) electrons. The second-order valence-corrected chi connectivity index (χ2v) is 4.43. The number of ether oxygens (including phenoxy) is 1. The fourth-order valence-corrected chi connectivity index (χ4v) is 2.07. The summed E-state index contributed by atoms with van der Waals surface area (Å²) in [5, 5.41) is 0. The molecular formula is C11H20O. The SMILES string of the molecule is CC(C)C1(C(C)C)CC=COC1. The standard InChI is InChI=1S/C11H20O/c1-9(2)11(10(3)4)6-5-7-12-8-11/h5,7,9-10H,6,8H2,1-4H3. The van der Waals surface area contributed by atoms with Crippen molar-refractivity contribution in [2.45, 2.75) is 34.1 Å². The third-order valence-corrected chi connectivity index (χ3v) is 3.34. The van der Waals surface area contributed by atoms with Crippen LogP contribution in [0, 0.1) is 17.3 Å². The number of hydrogen-bond donors (Lipinski definition) is 0. The molecule has 0 saturated carbocycles. The van der Waals surface area contributed by atoms with Gasteiger partial charge >= 0.3 is 0 Å². The molecule has 1 aliphatic rings. The average Bonchev–Trinajstić information content (AvgIpc) is 2.05. The molecule has 12 heavy (non-hydrogen) atoms. The van der Waals surface area contributed by atoms with Gasteiger partial charge in [-0.25, -0.2) is 0 Å². The Morgan fingerprint density at radius 3 is 2.00 bits per heavy atom. The molecule has 0 spiro atoms. The van der Waals surface area contributed by atoms with E-state index in [1.54, 1.807) is 0 Å². The van der Waals surface area contributed by atoms with Crippen LogP contribution < -0.4 is 0 Å². The lowest BCUT2D eigenvalue weighted by Gasteiger charge is -2.41. The van der Waals surface area contributed by atoms with Crippen LogP contribution in [0.5, 0.6) is 0 Å². The van der Waals surface area contributed by atoms with Gasteiger partial charge < -0.3 is 4.74 Å². The molecule has 0 aromatic carbocycles. The highest BCUT2D eigenvalue weighted by molar-refractivity contribution is 4.96. The predicted octanol–water partition coefficient (Wildman–Crippen LogP) is 3.22. The summed E-state index contributed by atoms with van der Waals surface area (Å²) in [5.41, 5.74) is 0.370. The maximum atomic E-state index is 5.43. The van der Waals surface area contributed by atoms with Gasteiger partial charge in [0.05, 0.1) is 12.9 Å². The van der Waals surface area contributed by atoms with Crippen LogP contribution in [0.2, 0.25) is 0 Å². The van der Waals surface area contributed by atoms with E-state index < -0.39 is 0 Å². The van der Waals surface area contributed by atoms with Gasteiger partial charge in [-0.15, -0.1) is 0 Å². The lowest BCUT2D eigenvalue weighted by molar-refractivity contribution is 0.0100. The van der Waals surface area contributed by atoms with E-state index >= 15 is 0 Å². The zero-order valence-corrected chi connectivity index (χ0v) is 8.63. The molecule has 0 aromatic heterocycles. The van der Waals surface area contributed by atoms with E-state index in [9.17, 15) is 0 Å². The van der Waals surface area contributed by atoms with Crippen molar-refractivity contribution in [1.82, 2.24) is 0 Å². The highest BCUT2D eigenvalue weighted by Gasteiger charge is 2.37. The van der Waals surface area contributed by atoms with Gasteiger partial charge in [0.2, 0.25) is 0 Å². The topological polar surface area (TPSA) is 9.23 Å². The van der Waals surface area contributed by atoms with Gasteiger partial charge in [0.1, 0.15) is 0 Å². The van der Waals surface area contributed by atoms with Crippen molar-refractivity contribution in [2.24, 2.45) is 17.3 Å². The Morgan fingerprint density at radius 1 is 1.17 bits per heavy atom. The number of hydrogen-bond acceptors (Lipinski definition) is 1. The quantitative estimate of drug-likeness (QED) is 0.615. The molecule has 0 fully saturated rings. The Hall–Kier alpha value is -0.460. The zero-order valence-electron chi connectivity index (χ0n) is 8.63. The summed E-state index contributed by atoms with van der Waals surface area (Å²) in [7, 11) is 0. The van der Waals surface area contributed by atoms with Crippen LogP contribution >= 0.6 is 0 Å². The van der Waals surface area contributed by atoms with Crippen molar-refractivity contribution >= 4 is 0 Å². The van der Waals surface area contributed by atoms with Crippen LogP contribution in [0.4, 0.5) is 0 Å². The summed E-state index contributed by atoms with van der Waals surface area (Å²) >= 11 is 0. The molecule has 1 heteroatoms. The molecule has 0 aliphatic carbocycles. The summed E-state index contributed by atoms with van der Waals surface area (Å²) in [6.45, 7) is 10.1. The van der Waals surface area contributed by atoms with Crippen LogP contribution in [-0.4, -0.2) is 6.61 Å². The van der Waals surface area contributed by atoms with E-state index in [4.69, 9.17) is 4.74 Å². The third kappa shape index (κ3) is 1.50. The molecule has 0 atom stereocenters. The van der Waals surface area contributed by atoms with Crippen molar-refractivity contribution in [3.8, 4) is 0 Å². The van der Waals surface area contributed by atoms with Crippen molar-refractivity contribution in [2.75, 3.05) is 6.61 Å². The Labute approximate surface area is 75.8 Å². The van der Waals surface area contributed by atoms with Gasteiger partial charge in [-0.2, -0.15) is 0 Å². The Kier molecular flexibility index (Phi) is 2.81. The van der Waals surface area contributed by atoms with E-state index in [1.807, 2.05) is 6.26 Å². The van der Waals surface area contributed by atoms with Crippen molar-refractivity contribution in [1.29, 1.82) is 0 Å². The average molecular weight is 168 g/mol. The lowest BCUT2D eigenvalue weighted by atomic mass is 9.67. The molecule has 0 unspecified atom stereocenters. The predicted molar refractivity (Wildman–Crippen MR) is 51.8 cm³/mol. The number of allylic oxidation sites excluding steroid dienone is 1. The molecule has 1 heterocycles. The van der Waals surface area contributed by atoms with Gasteiger partial charge in [-0.05, 0) is 24.3 Å². The molecular weight excluding hydrogens is 148 g/mol. The van der Waals surface area contributed by atoms with Gasteiger partial charge in [-0.3, -0.25) is 0 Å². The van der Waals surface area contributed by atoms with Crippen molar-refractivity contribution < 1.29 is 4.74 Å². The maximum absolute atomic E-state index is 5.43. The molecule has 70 valence electrons. The minimum atomic E-state index is 0.370. The minimum Gasteiger partial charge on any atom is -0.501 e. The molecule has 1 aliphatic heterocycles. The first kappa shape index (κ1) is 9.63. The fraction of sp³-hybridized carbons (Fsp3) is 0.818. The van der Waals surface area contributed by atoms with E-state index in [0.717, 1.165) is 6.61 Å². The van der Waals surface area contributed by atoms with Gasteiger partial charge in [0, 0.05) is 5.41 Å². The summed E-state index contributed by atoms with van der Waals surface area (Å²) < 4.78 is 5.43. The normalized spacial score (nSPS) is 21.5. The maximum Gasteiger partial charge on any atom is 0.0937 e. The van der Waals surface area contributed by atoms with Crippen LogP contribution in [0.25, 0.3) is 0 Å². The Morgan fingerprint density at radius 2 is 1.75 bits per heavy atom. The van der Waals surface area contributed by atoms with E-state index in [1.165, 1.54) is 6.42 Å². The van der Waals surface area contributed by atoms with Gasteiger partial charge in [0.15, 0.2) is 0 Å². The summed E-state index contributed by atoms with van der Waals surface area (Å²) in [6.07, 6.45) is 5.16. The first-order valence-corrected chi connectivity index (χ1v) is 4.86. The second kappa shape index (κ2) is 3.51. The molecule has 1 rings (SSSR count). The lowest BCUT2D eigenvalue weighted by Crippen LogP contribution is -2.38. The molecule has 0 saturated heterocycles. The largest absolute Gasteiger partial charge is 0.501 e. The zero-order chi connectivity index (χ0) is 9.19. The smallest absolute Gasteiger partial charge is 0.0937 e. The van der Waals surface area contributed by atoms with E-state index in [0.29, 0.717) is 17.3 Å². The highest BCUT2D eigenvalue weighted by Crippen LogP contribution is 2.41. The molecule has 0 aromatic rings. The molecule has 1 nitrogen and oxygen atoms in total. The van der Waals surface area contributed by atoms with Crippen LogP contribution in [0.1, 0.15) is 34.1 Å². The minimum absolute atomic E-state index is 0.370. The van der Waals surface area contributed by atoms with Crippen molar-refractivity contribution in [3.63, 3.8) is 0 Å². The summed E-state index contributed by atoms with van der Waals surface area (Å²) in [5.74, 6) is 1.39. The Balaban J connectivity index is 2.79. The first-order chi connectivity index (χ1) is 5.59. The molecule has 0 bridgehead atoms. The highest BCUT2D eigenvalue weighted by atomic mass is 16.5. The summed E-state index contributed by atoms with van der Waals surface area (Å²) in [4.78, 5) is 0.